The number of rotatable bonds is 5. The molecule has 0 aliphatic heterocycles. The van der Waals surface area contributed by atoms with Crippen molar-refractivity contribution < 1.29 is 14.7 Å². The Morgan fingerprint density at radius 1 is 1.62 bits per heavy atom. The third kappa shape index (κ3) is 5.05. The fourth-order valence-electron chi connectivity index (χ4n) is 0.634. The Hall–Kier alpha value is -0.360. The van der Waals surface area contributed by atoms with Gasteiger partial charge < -0.3 is 10.4 Å². The van der Waals surface area contributed by atoms with Crippen molar-refractivity contribution in [1.82, 2.24) is 5.32 Å². The molecule has 0 radical (unpaired) electrons. The van der Waals surface area contributed by atoms with Crippen LogP contribution >= 0.6 is 24.4 Å². The van der Waals surface area contributed by atoms with Crippen LogP contribution < -0.4 is 5.32 Å². The van der Waals surface area contributed by atoms with Gasteiger partial charge in [0.2, 0.25) is 5.91 Å². The molecular formula is C7H13NO3S2. The summed E-state index contributed by atoms with van der Waals surface area (Å²) in [5.41, 5.74) is 0. The number of carboxylic acids is 1. The van der Waals surface area contributed by atoms with E-state index in [-0.39, 0.29) is 5.91 Å². The summed E-state index contributed by atoms with van der Waals surface area (Å²) in [6.07, 6.45) is 1.78. The van der Waals surface area contributed by atoms with E-state index in [0.29, 0.717) is 5.75 Å². The number of hydrogen-bond donors (Lipinski definition) is 3. The molecule has 76 valence electrons. The van der Waals surface area contributed by atoms with Gasteiger partial charge in [-0.25, -0.2) is 4.79 Å². The van der Waals surface area contributed by atoms with Gasteiger partial charge in [-0.05, 0) is 13.2 Å². The number of thiol groups is 1. The number of carbonyl (C=O) groups excluding carboxylic acids is 1. The third-order valence-electron chi connectivity index (χ3n) is 1.33. The Morgan fingerprint density at radius 3 is 2.46 bits per heavy atom. The molecule has 0 aromatic carbocycles. The van der Waals surface area contributed by atoms with E-state index in [1.165, 1.54) is 11.8 Å². The lowest BCUT2D eigenvalue weighted by molar-refractivity contribution is -0.140. The second-order valence-electron chi connectivity index (χ2n) is 2.53. The Labute approximate surface area is 86.9 Å². The van der Waals surface area contributed by atoms with Crippen LogP contribution in [0.15, 0.2) is 0 Å². The van der Waals surface area contributed by atoms with E-state index in [1.54, 1.807) is 13.2 Å². The number of amides is 1. The second kappa shape index (κ2) is 6.15. The third-order valence-corrected chi connectivity index (χ3v) is 2.23. The first-order chi connectivity index (χ1) is 5.99. The highest BCUT2D eigenvalue weighted by Crippen LogP contribution is 2.00. The lowest BCUT2D eigenvalue weighted by Crippen LogP contribution is -2.45. The van der Waals surface area contributed by atoms with Crippen LogP contribution in [-0.2, 0) is 9.59 Å². The Bertz CT molecular complexity index is 196. The van der Waals surface area contributed by atoms with Crippen molar-refractivity contribution in [3.63, 3.8) is 0 Å². The molecule has 0 rings (SSSR count). The molecule has 0 saturated heterocycles. The molecule has 0 aromatic rings. The van der Waals surface area contributed by atoms with Crippen molar-refractivity contribution in [2.24, 2.45) is 0 Å². The molecule has 2 unspecified atom stereocenters. The molecule has 0 aromatic heterocycles. The van der Waals surface area contributed by atoms with Crippen LogP contribution in [0, 0.1) is 0 Å². The maximum Gasteiger partial charge on any atom is 0.327 e. The highest BCUT2D eigenvalue weighted by molar-refractivity contribution is 7.98. The fourth-order valence-corrected chi connectivity index (χ4v) is 1.27. The topological polar surface area (TPSA) is 66.4 Å². The molecule has 6 heteroatoms. The molecule has 0 fully saturated rings. The Balaban J connectivity index is 4.10. The first kappa shape index (κ1) is 12.6. The molecule has 4 nitrogen and oxygen atoms in total. The number of hydrogen-bond acceptors (Lipinski definition) is 4. The van der Waals surface area contributed by atoms with Crippen LogP contribution in [0.4, 0.5) is 0 Å². The van der Waals surface area contributed by atoms with Crippen LogP contribution in [0.1, 0.15) is 6.92 Å². The first-order valence-electron chi connectivity index (χ1n) is 3.69. The van der Waals surface area contributed by atoms with Gasteiger partial charge in [-0.2, -0.15) is 24.4 Å². The van der Waals surface area contributed by atoms with Crippen molar-refractivity contribution in [3.05, 3.63) is 0 Å². The summed E-state index contributed by atoms with van der Waals surface area (Å²) < 4.78 is 0. The van der Waals surface area contributed by atoms with Gasteiger partial charge in [0.05, 0.1) is 5.25 Å². The van der Waals surface area contributed by atoms with Gasteiger partial charge in [-0.3, -0.25) is 4.79 Å². The summed E-state index contributed by atoms with van der Waals surface area (Å²) >= 11 is 5.26. The summed E-state index contributed by atoms with van der Waals surface area (Å²) in [4.78, 5) is 21.7. The lowest BCUT2D eigenvalue weighted by Gasteiger charge is -2.14. The van der Waals surface area contributed by atoms with Crippen molar-refractivity contribution in [2.45, 2.75) is 18.2 Å². The average molecular weight is 223 g/mol. The van der Waals surface area contributed by atoms with Crippen LogP contribution in [0.25, 0.3) is 0 Å². The molecule has 0 bridgehead atoms. The molecule has 2 atom stereocenters. The largest absolute Gasteiger partial charge is 0.480 e. The summed E-state index contributed by atoms with van der Waals surface area (Å²) in [6, 6.07) is -0.822. The van der Waals surface area contributed by atoms with E-state index in [1.807, 2.05) is 0 Å². The number of carbonyl (C=O) groups is 2. The van der Waals surface area contributed by atoms with Crippen molar-refractivity contribution in [1.29, 1.82) is 0 Å². The second-order valence-corrected chi connectivity index (χ2v) is 4.22. The highest BCUT2D eigenvalue weighted by atomic mass is 32.2. The molecule has 0 heterocycles. The lowest BCUT2D eigenvalue weighted by atomic mass is 10.3. The Kier molecular flexibility index (Phi) is 5.98. The van der Waals surface area contributed by atoms with E-state index in [9.17, 15) is 9.59 Å². The van der Waals surface area contributed by atoms with Crippen LogP contribution in [0.5, 0.6) is 0 Å². The SMILES string of the molecule is CSCC(NC(=O)C(C)S)C(=O)O. The monoisotopic (exact) mass is 223 g/mol. The van der Waals surface area contributed by atoms with Gasteiger partial charge in [-0.15, -0.1) is 0 Å². The van der Waals surface area contributed by atoms with Crippen molar-refractivity contribution in [3.8, 4) is 0 Å². The smallest absolute Gasteiger partial charge is 0.327 e. The number of nitrogens with one attached hydrogen (secondary N) is 1. The highest BCUT2D eigenvalue weighted by Gasteiger charge is 2.20. The molecule has 0 aliphatic rings. The zero-order chi connectivity index (χ0) is 10.4. The number of carboxylic acid groups (broad SMARTS) is 1. The zero-order valence-electron chi connectivity index (χ0n) is 7.48. The quantitative estimate of drug-likeness (QED) is 0.584. The van der Waals surface area contributed by atoms with E-state index in [4.69, 9.17) is 5.11 Å². The van der Waals surface area contributed by atoms with E-state index >= 15 is 0 Å². The molecule has 0 saturated carbocycles. The average Bonchev–Trinajstić information content (AvgIpc) is 2.03. The van der Waals surface area contributed by atoms with Crippen LogP contribution in [0.2, 0.25) is 0 Å². The van der Waals surface area contributed by atoms with Crippen molar-refractivity contribution >= 4 is 36.3 Å². The van der Waals surface area contributed by atoms with Gasteiger partial charge in [0.25, 0.3) is 0 Å². The van der Waals surface area contributed by atoms with Gasteiger partial charge in [0, 0.05) is 5.75 Å². The summed E-state index contributed by atoms with van der Waals surface area (Å²) in [7, 11) is 0. The van der Waals surface area contributed by atoms with E-state index < -0.39 is 17.3 Å². The number of aliphatic carboxylic acids is 1. The minimum absolute atomic E-state index is 0.357. The molecular weight excluding hydrogens is 210 g/mol. The molecule has 0 aliphatic carbocycles. The maximum atomic E-state index is 11.1. The normalized spacial score (nSPS) is 14.7. The fraction of sp³-hybridized carbons (Fsp3) is 0.714. The van der Waals surface area contributed by atoms with Gasteiger partial charge in [0.1, 0.15) is 6.04 Å². The maximum absolute atomic E-state index is 11.1. The molecule has 2 N–H and O–H groups in total. The first-order valence-corrected chi connectivity index (χ1v) is 5.60. The Morgan fingerprint density at radius 2 is 2.15 bits per heavy atom. The number of thioether (sulfide) groups is 1. The van der Waals surface area contributed by atoms with Gasteiger partial charge in [0.15, 0.2) is 0 Å². The summed E-state index contributed by atoms with van der Waals surface area (Å²) in [6.45, 7) is 1.59. The summed E-state index contributed by atoms with van der Waals surface area (Å²) in [5, 5.41) is 10.6. The molecule has 13 heavy (non-hydrogen) atoms. The predicted molar refractivity (Wildman–Crippen MR) is 56.4 cm³/mol. The molecule has 1 amide bonds. The van der Waals surface area contributed by atoms with E-state index in [2.05, 4.69) is 17.9 Å². The van der Waals surface area contributed by atoms with Crippen molar-refractivity contribution in [2.75, 3.05) is 12.0 Å². The minimum Gasteiger partial charge on any atom is -0.480 e. The predicted octanol–water partition coefficient (Wildman–Crippen LogP) is 0.237. The van der Waals surface area contributed by atoms with Crippen LogP contribution in [-0.4, -0.2) is 40.3 Å². The van der Waals surface area contributed by atoms with Crippen LogP contribution in [0.3, 0.4) is 0 Å². The van der Waals surface area contributed by atoms with Gasteiger partial charge >= 0.3 is 5.97 Å². The van der Waals surface area contributed by atoms with Gasteiger partial charge in [-0.1, -0.05) is 0 Å². The summed E-state index contributed by atoms with van der Waals surface area (Å²) in [5.74, 6) is -1.01. The zero-order valence-corrected chi connectivity index (χ0v) is 9.19. The van der Waals surface area contributed by atoms with E-state index in [0.717, 1.165) is 0 Å². The molecule has 0 spiro atoms. The standard InChI is InChI=1S/C7H13NO3S2/c1-4(12)6(9)8-5(3-13-2)7(10)11/h4-5,12H,3H2,1-2H3,(H,8,9)(H,10,11). The minimum atomic E-state index is -1.02.